The molecule has 1 aliphatic rings. The number of hydrogen-bond acceptors (Lipinski definition) is 4. The first kappa shape index (κ1) is 14.3. The number of carboxylic acid groups (broad SMARTS) is 1. The minimum atomic E-state index is -1.06. The van der Waals surface area contributed by atoms with E-state index in [-0.39, 0.29) is 11.7 Å². The molecule has 1 fully saturated rings. The van der Waals surface area contributed by atoms with Crippen LogP contribution in [0.25, 0.3) is 0 Å². The van der Waals surface area contributed by atoms with E-state index in [2.05, 4.69) is 15.7 Å². The average molecular weight is 278 g/mol. The number of rotatable bonds is 4. The van der Waals surface area contributed by atoms with E-state index in [1.54, 1.807) is 6.07 Å². The number of urea groups is 1. The zero-order valence-electron chi connectivity index (χ0n) is 11.1. The number of pyridine rings is 1. The molecule has 0 saturated carbocycles. The summed E-state index contributed by atoms with van der Waals surface area (Å²) in [7, 11) is 0. The fourth-order valence-electron chi connectivity index (χ4n) is 2.03. The van der Waals surface area contributed by atoms with Crippen LogP contribution in [0.3, 0.4) is 0 Å². The van der Waals surface area contributed by atoms with Crippen molar-refractivity contribution >= 4 is 12.0 Å². The number of hydrogen-bond donors (Lipinski definition) is 3. The Hall–Kier alpha value is -2.15. The maximum absolute atomic E-state index is 11.7. The van der Waals surface area contributed by atoms with E-state index in [1.165, 1.54) is 18.7 Å². The third-order valence-electron chi connectivity index (χ3n) is 3.11. The molecule has 1 aliphatic heterocycles. The summed E-state index contributed by atoms with van der Waals surface area (Å²) < 4.78 is 0. The van der Waals surface area contributed by atoms with Crippen LogP contribution in [0, 0.1) is 0 Å². The van der Waals surface area contributed by atoms with E-state index in [0.717, 1.165) is 31.5 Å². The van der Waals surface area contributed by atoms with Crippen molar-refractivity contribution in [2.75, 3.05) is 13.1 Å². The number of carbonyl (C=O) groups excluding carboxylic acids is 1. The number of aromatic carboxylic acids is 1. The Bertz CT molecular complexity index is 469. The van der Waals surface area contributed by atoms with Crippen molar-refractivity contribution in [3.8, 4) is 0 Å². The minimum Gasteiger partial charge on any atom is -0.477 e. The fourth-order valence-corrected chi connectivity index (χ4v) is 2.03. The number of nitrogens with zero attached hydrogens (tertiary/aromatic N) is 2. The van der Waals surface area contributed by atoms with Crippen LogP contribution >= 0.6 is 0 Å². The van der Waals surface area contributed by atoms with Crippen LogP contribution in [-0.4, -0.2) is 40.2 Å². The van der Waals surface area contributed by atoms with Crippen LogP contribution in [0.5, 0.6) is 0 Å². The molecular weight excluding hydrogens is 260 g/mol. The Balaban J connectivity index is 1.76. The fraction of sp³-hybridized carbons (Fsp3) is 0.462. The van der Waals surface area contributed by atoms with Gasteiger partial charge >= 0.3 is 12.0 Å². The molecule has 20 heavy (non-hydrogen) atoms. The number of hydrazine groups is 1. The second kappa shape index (κ2) is 6.85. The molecule has 1 aromatic rings. The molecule has 0 bridgehead atoms. The van der Waals surface area contributed by atoms with Crippen molar-refractivity contribution < 1.29 is 14.7 Å². The van der Waals surface area contributed by atoms with Gasteiger partial charge in [0.2, 0.25) is 0 Å². The summed E-state index contributed by atoms with van der Waals surface area (Å²) in [6.07, 6.45) is 4.85. The first-order valence-corrected chi connectivity index (χ1v) is 6.63. The van der Waals surface area contributed by atoms with Gasteiger partial charge in [-0.05, 0) is 24.5 Å². The van der Waals surface area contributed by atoms with Crippen molar-refractivity contribution in [2.45, 2.75) is 25.8 Å². The molecule has 7 heteroatoms. The highest BCUT2D eigenvalue weighted by Crippen LogP contribution is 2.05. The Kier molecular flexibility index (Phi) is 4.89. The van der Waals surface area contributed by atoms with Crippen molar-refractivity contribution in [3.05, 3.63) is 29.6 Å². The van der Waals surface area contributed by atoms with Crippen molar-refractivity contribution in [3.63, 3.8) is 0 Å². The van der Waals surface area contributed by atoms with Gasteiger partial charge in [-0.25, -0.2) is 19.6 Å². The van der Waals surface area contributed by atoms with Crippen LogP contribution < -0.4 is 10.7 Å². The molecule has 2 amide bonds. The number of aromatic nitrogens is 1. The average Bonchev–Trinajstić information content (AvgIpc) is 2.46. The first-order chi connectivity index (χ1) is 9.65. The molecule has 0 atom stereocenters. The molecule has 1 saturated heterocycles. The van der Waals surface area contributed by atoms with Crippen LogP contribution in [0.15, 0.2) is 18.3 Å². The lowest BCUT2D eigenvalue weighted by molar-refractivity contribution is 0.0690. The molecular formula is C13H18N4O3. The number of nitrogens with one attached hydrogen (secondary N) is 2. The maximum Gasteiger partial charge on any atom is 0.354 e. The Labute approximate surface area is 117 Å². The van der Waals surface area contributed by atoms with E-state index >= 15 is 0 Å². The highest BCUT2D eigenvalue weighted by molar-refractivity contribution is 5.85. The second-order valence-corrected chi connectivity index (χ2v) is 4.70. The number of carboxylic acids is 1. The van der Waals surface area contributed by atoms with Crippen molar-refractivity contribution in [1.82, 2.24) is 20.7 Å². The molecule has 0 radical (unpaired) electrons. The number of piperidine rings is 1. The molecule has 0 spiro atoms. The van der Waals surface area contributed by atoms with Gasteiger partial charge in [-0.1, -0.05) is 12.5 Å². The lowest BCUT2D eigenvalue weighted by Gasteiger charge is -2.26. The molecule has 0 aromatic carbocycles. The molecule has 7 nitrogen and oxygen atoms in total. The quantitative estimate of drug-likeness (QED) is 0.763. The van der Waals surface area contributed by atoms with Gasteiger partial charge < -0.3 is 10.4 Å². The SMILES string of the molecule is O=C(NCc1ccc(C(=O)O)nc1)NN1CCCCC1. The highest BCUT2D eigenvalue weighted by atomic mass is 16.4. The third-order valence-corrected chi connectivity index (χ3v) is 3.11. The van der Waals surface area contributed by atoms with Gasteiger partial charge in [0, 0.05) is 25.8 Å². The molecule has 2 rings (SSSR count). The zero-order valence-corrected chi connectivity index (χ0v) is 11.1. The van der Waals surface area contributed by atoms with Crippen molar-refractivity contribution in [1.29, 1.82) is 0 Å². The predicted molar refractivity (Wildman–Crippen MR) is 72.0 cm³/mol. The van der Waals surface area contributed by atoms with Gasteiger partial charge in [0.05, 0.1) is 0 Å². The molecule has 1 aromatic heterocycles. The Morgan fingerprint density at radius 1 is 1.25 bits per heavy atom. The highest BCUT2D eigenvalue weighted by Gasteiger charge is 2.12. The van der Waals surface area contributed by atoms with E-state index in [1.807, 2.05) is 5.01 Å². The smallest absolute Gasteiger partial charge is 0.354 e. The topological polar surface area (TPSA) is 94.6 Å². The first-order valence-electron chi connectivity index (χ1n) is 6.63. The van der Waals surface area contributed by atoms with Crippen molar-refractivity contribution in [2.24, 2.45) is 0 Å². The summed E-state index contributed by atoms with van der Waals surface area (Å²) in [6, 6.07) is 2.80. The Morgan fingerprint density at radius 2 is 2.00 bits per heavy atom. The summed E-state index contributed by atoms with van der Waals surface area (Å²) in [5, 5.41) is 13.4. The van der Waals surface area contributed by atoms with Crippen LogP contribution in [0.1, 0.15) is 35.3 Å². The van der Waals surface area contributed by atoms with Gasteiger partial charge in [-0.15, -0.1) is 0 Å². The van der Waals surface area contributed by atoms with Gasteiger partial charge in [-0.3, -0.25) is 5.43 Å². The second-order valence-electron chi connectivity index (χ2n) is 4.70. The minimum absolute atomic E-state index is 0.00785. The summed E-state index contributed by atoms with van der Waals surface area (Å²) >= 11 is 0. The van der Waals surface area contributed by atoms with Gasteiger partial charge in [-0.2, -0.15) is 0 Å². The zero-order chi connectivity index (χ0) is 14.4. The van der Waals surface area contributed by atoms with Crippen LogP contribution in [0.2, 0.25) is 0 Å². The van der Waals surface area contributed by atoms with Crippen LogP contribution in [-0.2, 0) is 6.54 Å². The van der Waals surface area contributed by atoms with E-state index in [4.69, 9.17) is 5.11 Å². The largest absolute Gasteiger partial charge is 0.477 e. The summed E-state index contributed by atoms with van der Waals surface area (Å²) in [6.45, 7) is 2.07. The van der Waals surface area contributed by atoms with E-state index in [9.17, 15) is 9.59 Å². The summed E-state index contributed by atoms with van der Waals surface area (Å²) in [4.78, 5) is 26.1. The van der Waals surface area contributed by atoms with Crippen LogP contribution in [0.4, 0.5) is 4.79 Å². The summed E-state index contributed by atoms with van der Waals surface area (Å²) in [5.41, 5.74) is 3.53. The lowest BCUT2D eigenvalue weighted by atomic mass is 10.2. The van der Waals surface area contributed by atoms with Gasteiger partial charge in [0.15, 0.2) is 0 Å². The van der Waals surface area contributed by atoms with Gasteiger partial charge in [0.1, 0.15) is 5.69 Å². The lowest BCUT2D eigenvalue weighted by Crippen LogP contribution is -2.49. The van der Waals surface area contributed by atoms with E-state index in [0.29, 0.717) is 6.54 Å². The monoisotopic (exact) mass is 278 g/mol. The van der Waals surface area contributed by atoms with Gasteiger partial charge in [0.25, 0.3) is 0 Å². The third kappa shape index (κ3) is 4.20. The van der Waals surface area contributed by atoms with E-state index < -0.39 is 5.97 Å². The molecule has 2 heterocycles. The molecule has 3 N–H and O–H groups in total. The maximum atomic E-state index is 11.7. The Morgan fingerprint density at radius 3 is 2.60 bits per heavy atom. The molecule has 0 unspecified atom stereocenters. The predicted octanol–water partition coefficient (Wildman–Crippen LogP) is 0.980. The molecule has 108 valence electrons. The number of amides is 2. The summed E-state index contributed by atoms with van der Waals surface area (Å²) in [5.74, 6) is -1.06. The number of carbonyl (C=O) groups is 2. The molecule has 0 aliphatic carbocycles. The standard InChI is InChI=1S/C13H18N4O3/c18-12(19)11-5-4-10(8-14-11)9-15-13(20)16-17-6-2-1-3-7-17/h4-5,8H,1-3,6-7,9H2,(H,18,19)(H2,15,16,20). The normalized spacial score (nSPS) is 15.6.